The normalized spacial score (nSPS) is 31.7. The van der Waals surface area contributed by atoms with Gasteiger partial charge in [0.15, 0.2) is 0 Å². The molecule has 2 aliphatic rings. The lowest BCUT2D eigenvalue weighted by Crippen LogP contribution is -2.17. The maximum Gasteiger partial charge on any atom is 0.112 e. The van der Waals surface area contributed by atoms with Gasteiger partial charge in [0.05, 0.1) is 52.9 Å². The molecule has 0 amide bonds. The second-order valence-electron chi connectivity index (χ2n) is 4.43. The zero-order valence-corrected chi connectivity index (χ0v) is 9.78. The molecule has 2 fully saturated rings. The quantitative estimate of drug-likeness (QED) is 0.398. The Balaban J connectivity index is 1.27. The van der Waals surface area contributed by atoms with Crippen LogP contribution in [-0.4, -0.2) is 64.6 Å². The molecule has 2 saturated heterocycles. The molecule has 2 heterocycles. The van der Waals surface area contributed by atoms with Crippen molar-refractivity contribution in [2.24, 2.45) is 0 Å². The first-order valence-corrected chi connectivity index (χ1v) is 5.77. The van der Waals surface area contributed by atoms with Gasteiger partial charge in [-0.2, -0.15) is 0 Å². The van der Waals surface area contributed by atoms with E-state index >= 15 is 0 Å². The van der Waals surface area contributed by atoms with Gasteiger partial charge >= 0.3 is 0 Å². The van der Waals surface area contributed by atoms with Gasteiger partial charge in [0.25, 0.3) is 0 Å². The highest BCUT2D eigenvalue weighted by Crippen LogP contribution is 2.25. The summed E-state index contributed by atoms with van der Waals surface area (Å²) in [5.41, 5.74) is -0.0205. The minimum atomic E-state index is -0.0205. The van der Waals surface area contributed by atoms with Crippen LogP contribution in [0.2, 0.25) is 0 Å². The second-order valence-corrected chi connectivity index (χ2v) is 4.43. The van der Waals surface area contributed by atoms with Crippen molar-refractivity contribution < 1.29 is 23.7 Å². The predicted molar refractivity (Wildman–Crippen MR) is 56.6 cm³/mol. The number of ether oxygens (including phenoxy) is 5. The molecule has 2 unspecified atom stereocenters. The predicted octanol–water partition coefficient (Wildman–Crippen LogP) is 0.224. The van der Waals surface area contributed by atoms with E-state index in [1.807, 2.05) is 6.92 Å². The fraction of sp³-hybridized carbons (Fsp3) is 1.00. The first kappa shape index (κ1) is 12.3. The molecular formula is C11H20O5. The van der Waals surface area contributed by atoms with Crippen molar-refractivity contribution in [1.82, 2.24) is 0 Å². The van der Waals surface area contributed by atoms with Crippen molar-refractivity contribution in [2.75, 3.05) is 52.9 Å². The Morgan fingerprint density at radius 3 is 2.38 bits per heavy atom. The van der Waals surface area contributed by atoms with Gasteiger partial charge in [0, 0.05) is 0 Å². The molecule has 5 heteroatoms. The largest absolute Gasteiger partial charge is 0.377 e. The Bertz CT molecular complexity index is 201. The topological polar surface area (TPSA) is 52.8 Å². The molecule has 0 saturated carbocycles. The molecule has 0 aromatic heterocycles. The summed E-state index contributed by atoms with van der Waals surface area (Å²) in [5.74, 6) is 0. The highest BCUT2D eigenvalue weighted by molar-refractivity contribution is 4.86. The Morgan fingerprint density at radius 2 is 1.75 bits per heavy atom. The number of epoxide rings is 2. The van der Waals surface area contributed by atoms with E-state index in [2.05, 4.69) is 0 Å². The zero-order chi connectivity index (χ0) is 11.3. The van der Waals surface area contributed by atoms with Crippen LogP contribution in [0, 0.1) is 0 Å². The molecule has 0 bridgehead atoms. The fourth-order valence-electron chi connectivity index (χ4n) is 1.21. The summed E-state index contributed by atoms with van der Waals surface area (Å²) < 4.78 is 26.3. The standard InChI is InChI=1S/C11H20O5/c1-11(9-16-11)8-14-5-3-12-2-4-13-6-10-7-15-10/h10H,2-9H2,1H3. The first-order chi connectivity index (χ1) is 7.79. The smallest absolute Gasteiger partial charge is 0.112 e. The summed E-state index contributed by atoms with van der Waals surface area (Å²) in [4.78, 5) is 0. The van der Waals surface area contributed by atoms with Gasteiger partial charge in [-0.1, -0.05) is 0 Å². The Morgan fingerprint density at radius 1 is 1.12 bits per heavy atom. The monoisotopic (exact) mass is 232 g/mol. The van der Waals surface area contributed by atoms with E-state index in [0.717, 1.165) is 13.2 Å². The molecule has 0 aromatic rings. The summed E-state index contributed by atoms with van der Waals surface area (Å²) in [6, 6.07) is 0. The summed E-state index contributed by atoms with van der Waals surface area (Å²) in [6.45, 7) is 7.51. The van der Waals surface area contributed by atoms with E-state index in [9.17, 15) is 0 Å². The fourth-order valence-corrected chi connectivity index (χ4v) is 1.21. The molecule has 0 aromatic carbocycles. The average molecular weight is 232 g/mol. The number of hydrogen-bond donors (Lipinski definition) is 0. The summed E-state index contributed by atoms with van der Waals surface area (Å²) in [7, 11) is 0. The summed E-state index contributed by atoms with van der Waals surface area (Å²) in [5, 5.41) is 0. The molecule has 0 spiro atoms. The average Bonchev–Trinajstić information content (AvgIpc) is 3.15. The second kappa shape index (κ2) is 5.93. The molecule has 0 aliphatic carbocycles. The van der Waals surface area contributed by atoms with E-state index < -0.39 is 0 Å². The number of hydrogen-bond acceptors (Lipinski definition) is 5. The van der Waals surface area contributed by atoms with Crippen molar-refractivity contribution in [3.63, 3.8) is 0 Å². The van der Waals surface area contributed by atoms with Gasteiger partial charge in [-0.15, -0.1) is 0 Å². The van der Waals surface area contributed by atoms with Crippen LogP contribution in [0.5, 0.6) is 0 Å². The van der Waals surface area contributed by atoms with Crippen LogP contribution in [0.1, 0.15) is 6.92 Å². The van der Waals surface area contributed by atoms with E-state index in [-0.39, 0.29) is 5.60 Å². The van der Waals surface area contributed by atoms with Crippen LogP contribution < -0.4 is 0 Å². The van der Waals surface area contributed by atoms with Gasteiger partial charge in [0.2, 0.25) is 0 Å². The Labute approximate surface area is 95.9 Å². The lowest BCUT2D eigenvalue weighted by molar-refractivity contribution is 0.00290. The van der Waals surface area contributed by atoms with Crippen molar-refractivity contribution >= 4 is 0 Å². The maximum absolute atomic E-state index is 5.40. The van der Waals surface area contributed by atoms with Crippen molar-refractivity contribution in [2.45, 2.75) is 18.6 Å². The highest BCUT2D eigenvalue weighted by atomic mass is 16.6. The van der Waals surface area contributed by atoms with Gasteiger partial charge < -0.3 is 23.7 Å². The molecule has 16 heavy (non-hydrogen) atoms. The summed E-state index contributed by atoms with van der Waals surface area (Å²) in [6.07, 6.45) is 0.336. The molecule has 5 nitrogen and oxygen atoms in total. The van der Waals surface area contributed by atoms with Gasteiger partial charge in [0.1, 0.15) is 11.7 Å². The summed E-state index contributed by atoms with van der Waals surface area (Å²) >= 11 is 0. The van der Waals surface area contributed by atoms with Crippen molar-refractivity contribution in [1.29, 1.82) is 0 Å². The molecule has 0 N–H and O–H groups in total. The molecular weight excluding hydrogens is 212 g/mol. The molecule has 2 atom stereocenters. The van der Waals surface area contributed by atoms with Crippen LogP contribution in [0.25, 0.3) is 0 Å². The van der Waals surface area contributed by atoms with Crippen LogP contribution >= 0.6 is 0 Å². The maximum atomic E-state index is 5.40. The van der Waals surface area contributed by atoms with Crippen molar-refractivity contribution in [3.8, 4) is 0 Å². The first-order valence-electron chi connectivity index (χ1n) is 5.77. The molecule has 2 rings (SSSR count). The lowest BCUT2D eigenvalue weighted by Gasteiger charge is -2.07. The van der Waals surface area contributed by atoms with E-state index in [4.69, 9.17) is 23.7 Å². The lowest BCUT2D eigenvalue weighted by atomic mass is 10.2. The third-order valence-electron chi connectivity index (χ3n) is 2.49. The third-order valence-corrected chi connectivity index (χ3v) is 2.49. The van der Waals surface area contributed by atoms with Gasteiger partial charge in [-0.3, -0.25) is 0 Å². The van der Waals surface area contributed by atoms with Crippen LogP contribution in [-0.2, 0) is 23.7 Å². The van der Waals surface area contributed by atoms with Crippen LogP contribution in [0.4, 0.5) is 0 Å². The van der Waals surface area contributed by atoms with Crippen LogP contribution in [0.3, 0.4) is 0 Å². The van der Waals surface area contributed by atoms with E-state index in [0.29, 0.717) is 45.7 Å². The SMILES string of the molecule is CC1(COCCOCCOCC2CO2)CO1. The van der Waals surface area contributed by atoms with E-state index in [1.165, 1.54) is 0 Å². The molecule has 0 radical (unpaired) electrons. The Kier molecular flexibility index (Phi) is 4.55. The van der Waals surface area contributed by atoms with Gasteiger partial charge in [-0.05, 0) is 6.92 Å². The third kappa shape index (κ3) is 5.23. The Hall–Kier alpha value is -0.200. The molecule has 94 valence electrons. The zero-order valence-electron chi connectivity index (χ0n) is 9.78. The molecule has 2 aliphatic heterocycles. The highest BCUT2D eigenvalue weighted by Gasteiger charge is 2.39. The van der Waals surface area contributed by atoms with Gasteiger partial charge in [-0.25, -0.2) is 0 Å². The van der Waals surface area contributed by atoms with E-state index in [1.54, 1.807) is 0 Å². The van der Waals surface area contributed by atoms with Crippen LogP contribution in [0.15, 0.2) is 0 Å². The minimum Gasteiger partial charge on any atom is -0.377 e. The van der Waals surface area contributed by atoms with Crippen molar-refractivity contribution in [3.05, 3.63) is 0 Å². The minimum absolute atomic E-state index is 0.0205. The number of rotatable bonds is 10.